The van der Waals surface area contributed by atoms with E-state index in [0.29, 0.717) is 158 Å². The average Bonchev–Trinajstić information content (AvgIpc) is 3.10. The molecule has 15 nitrogen and oxygen atoms in total. The molecule has 278 valence electrons. The topological polar surface area (TPSA) is 149 Å². The fraction of sp³-hybridized carbons (Fsp3) is 0.906. The highest BCUT2D eigenvalue weighted by Crippen LogP contribution is 2.06. The van der Waals surface area contributed by atoms with Crippen LogP contribution in [0.3, 0.4) is 0 Å². The van der Waals surface area contributed by atoms with Gasteiger partial charge in [-0.1, -0.05) is 6.58 Å². The van der Waals surface area contributed by atoms with E-state index in [4.69, 9.17) is 61.6 Å². The summed E-state index contributed by atoms with van der Waals surface area (Å²) in [6.45, 7) is 17.1. The molecule has 0 aromatic rings. The number of carbonyl (C=O) groups excluding carboxylic acids is 1. The predicted octanol–water partition coefficient (Wildman–Crippen LogP) is 0.667. The third kappa shape index (κ3) is 34.4. The van der Waals surface area contributed by atoms with Crippen LogP contribution in [0, 0.1) is 0 Å². The molecule has 0 spiro atoms. The molecule has 15 heteroatoms. The van der Waals surface area contributed by atoms with Crippen LogP contribution in [0.2, 0.25) is 0 Å². The lowest BCUT2D eigenvalue weighted by molar-refractivity contribution is -0.139. The molecule has 0 atom stereocenters. The van der Waals surface area contributed by atoms with Gasteiger partial charge in [-0.3, -0.25) is 0 Å². The van der Waals surface area contributed by atoms with Gasteiger partial charge in [-0.25, -0.2) is 4.79 Å². The number of esters is 1. The fourth-order valence-electron chi connectivity index (χ4n) is 3.80. The normalized spacial score (nSPS) is 13.7. The zero-order valence-electron chi connectivity index (χ0n) is 28.4. The highest BCUT2D eigenvalue weighted by molar-refractivity contribution is 5.81. The van der Waals surface area contributed by atoms with Crippen LogP contribution in [0.1, 0.15) is 12.8 Å². The van der Waals surface area contributed by atoms with E-state index in [1.165, 1.54) is 0 Å². The lowest BCUT2D eigenvalue weighted by atomic mass is 10.1. The van der Waals surface area contributed by atoms with Crippen molar-refractivity contribution in [3.05, 3.63) is 12.7 Å². The van der Waals surface area contributed by atoms with Crippen LogP contribution in [-0.2, 0) is 66.4 Å². The second-order valence-corrected chi connectivity index (χ2v) is 9.93. The van der Waals surface area contributed by atoms with E-state index in [0.717, 1.165) is 32.0 Å². The molecular weight excluding hydrogens is 622 g/mol. The summed E-state index contributed by atoms with van der Waals surface area (Å²) < 4.78 is 70.5. The number of piperidine rings is 1. The Morgan fingerprint density at radius 1 is 0.447 bits per heavy atom. The van der Waals surface area contributed by atoms with Crippen LogP contribution in [0.5, 0.6) is 0 Å². The van der Waals surface area contributed by atoms with Gasteiger partial charge in [0.2, 0.25) is 0 Å². The van der Waals surface area contributed by atoms with Gasteiger partial charge in [-0.2, -0.15) is 0 Å². The van der Waals surface area contributed by atoms with E-state index in [2.05, 4.69) is 11.9 Å². The maximum atomic E-state index is 10.8. The molecule has 0 amide bonds. The second kappa shape index (κ2) is 37.5. The first-order valence-electron chi connectivity index (χ1n) is 16.8. The molecule has 0 unspecified atom stereocenters. The summed E-state index contributed by atoms with van der Waals surface area (Å²) in [4.78, 5) is 10.8. The molecule has 47 heavy (non-hydrogen) atoms. The second-order valence-electron chi connectivity index (χ2n) is 9.93. The van der Waals surface area contributed by atoms with E-state index < -0.39 is 5.97 Å². The van der Waals surface area contributed by atoms with Crippen molar-refractivity contribution < 1.29 is 66.4 Å². The van der Waals surface area contributed by atoms with Crippen LogP contribution >= 0.6 is 0 Å². The average molecular weight is 684 g/mol. The molecule has 1 aliphatic rings. The van der Waals surface area contributed by atoms with Gasteiger partial charge in [-0.15, -0.1) is 0 Å². The van der Waals surface area contributed by atoms with Crippen molar-refractivity contribution in [3.8, 4) is 0 Å². The zero-order chi connectivity index (χ0) is 33.6. The third-order valence-electron chi connectivity index (χ3n) is 6.23. The zero-order valence-corrected chi connectivity index (χ0v) is 28.4. The Labute approximate surface area is 281 Å². The first-order valence-corrected chi connectivity index (χ1v) is 16.8. The molecule has 1 rings (SSSR count). The summed E-state index contributed by atoms with van der Waals surface area (Å²) in [5, 5.41) is 3.33. The summed E-state index contributed by atoms with van der Waals surface area (Å²) >= 11 is 0. The van der Waals surface area contributed by atoms with Gasteiger partial charge in [0.15, 0.2) is 0 Å². The van der Waals surface area contributed by atoms with E-state index in [1.807, 2.05) is 0 Å². The van der Waals surface area contributed by atoms with Crippen LogP contribution < -0.4 is 5.32 Å². The number of nitrogens with one attached hydrogen (secondary N) is 1. The quantitative estimate of drug-likeness (QED) is 0.0552. The summed E-state index contributed by atoms with van der Waals surface area (Å²) in [6.07, 6.45) is 3.64. The van der Waals surface area contributed by atoms with Crippen LogP contribution in [0.4, 0.5) is 0 Å². The summed E-state index contributed by atoms with van der Waals surface area (Å²) in [5.41, 5.74) is 0. The summed E-state index contributed by atoms with van der Waals surface area (Å²) in [6, 6.07) is 0. The van der Waals surface area contributed by atoms with Crippen LogP contribution in [-0.4, -0.2) is 184 Å². The minimum absolute atomic E-state index is 0.198. The van der Waals surface area contributed by atoms with Crippen molar-refractivity contribution in [3.63, 3.8) is 0 Å². The smallest absolute Gasteiger partial charge is 0.330 e. The largest absolute Gasteiger partial charge is 0.460 e. The predicted molar refractivity (Wildman–Crippen MR) is 172 cm³/mol. The van der Waals surface area contributed by atoms with Crippen molar-refractivity contribution in [2.24, 2.45) is 0 Å². The van der Waals surface area contributed by atoms with Crippen molar-refractivity contribution >= 4 is 5.97 Å². The van der Waals surface area contributed by atoms with Gasteiger partial charge in [-0.05, 0) is 25.9 Å². The van der Waals surface area contributed by atoms with Crippen molar-refractivity contribution in [2.75, 3.05) is 172 Å². The van der Waals surface area contributed by atoms with Gasteiger partial charge in [0, 0.05) is 6.08 Å². The van der Waals surface area contributed by atoms with Gasteiger partial charge < -0.3 is 66.9 Å². The van der Waals surface area contributed by atoms with E-state index in [-0.39, 0.29) is 6.61 Å². The Hall–Kier alpha value is -1.31. The molecule has 1 aliphatic heterocycles. The van der Waals surface area contributed by atoms with E-state index >= 15 is 0 Å². The highest BCUT2D eigenvalue weighted by Gasteiger charge is 2.12. The van der Waals surface area contributed by atoms with Crippen LogP contribution in [0.15, 0.2) is 12.7 Å². The number of ether oxygens (including phenoxy) is 13. The number of carbonyl (C=O) groups is 1. The standard InChI is InChI=1S/C32H61NO14/c1-2-32(34)47-30-28-45-26-24-43-22-20-41-18-16-39-14-12-37-10-8-35-7-9-36-11-13-38-15-17-40-19-21-42-23-25-44-27-29-46-31-3-5-33-6-4-31/h2,31,33H,1,3-30H2. The Bertz CT molecular complexity index is 657. The first-order chi connectivity index (χ1) is 23.3. The molecule has 0 aromatic carbocycles. The number of hydrogen-bond donors (Lipinski definition) is 1. The van der Waals surface area contributed by atoms with Gasteiger partial charge in [0.1, 0.15) is 6.61 Å². The molecule has 1 heterocycles. The fourth-order valence-corrected chi connectivity index (χ4v) is 3.80. The van der Waals surface area contributed by atoms with Gasteiger partial charge >= 0.3 is 5.97 Å². The lowest BCUT2D eigenvalue weighted by Crippen LogP contribution is -2.33. The maximum absolute atomic E-state index is 10.8. The Balaban J connectivity index is 1.60. The molecule has 0 aromatic heterocycles. The van der Waals surface area contributed by atoms with Crippen molar-refractivity contribution in [1.82, 2.24) is 5.32 Å². The molecule has 0 radical (unpaired) electrons. The van der Waals surface area contributed by atoms with E-state index in [9.17, 15) is 4.79 Å². The first kappa shape index (κ1) is 43.7. The number of hydrogen-bond acceptors (Lipinski definition) is 15. The monoisotopic (exact) mass is 683 g/mol. The van der Waals surface area contributed by atoms with Gasteiger partial charge in [0.25, 0.3) is 0 Å². The van der Waals surface area contributed by atoms with Crippen molar-refractivity contribution in [2.45, 2.75) is 18.9 Å². The van der Waals surface area contributed by atoms with E-state index in [1.54, 1.807) is 0 Å². The van der Waals surface area contributed by atoms with Crippen LogP contribution in [0.25, 0.3) is 0 Å². The Kier molecular flexibility index (Phi) is 34.9. The maximum Gasteiger partial charge on any atom is 0.330 e. The summed E-state index contributed by atoms with van der Waals surface area (Å²) in [7, 11) is 0. The van der Waals surface area contributed by atoms with Crippen molar-refractivity contribution in [1.29, 1.82) is 0 Å². The molecule has 0 bridgehead atoms. The molecule has 1 N–H and O–H groups in total. The SMILES string of the molecule is C=CC(=O)OCCOCCOCCOCCOCCOCCOCCOCCOCCOCCOCCOCCOC1CCNCC1. The Morgan fingerprint density at radius 3 is 0.979 bits per heavy atom. The number of rotatable bonds is 38. The third-order valence-corrected chi connectivity index (χ3v) is 6.23. The lowest BCUT2D eigenvalue weighted by Gasteiger charge is -2.22. The molecule has 0 saturated carbocycles. The Morgan fingerprint density at radius 2 is 0.702 bits per heavy atom. The molecule has 0 aliphatic carbocycles. The highest BCUT2D eigenvalue weighted by atomic mass is 16.6. The molecular formula is C32H61NO14. The molecule has 1 fully saturated rings. The molecule has 1 saturated heterocycles. The minimum atomic E-state index is -0.459. The minimum Gasteiger partial charge on any atom is -0.460 e. The van der Waals surface area contributed by atoms with Gasteiger partial charge in [0.05, 0.1) is 158 Å². The summed E-state index contributed by atoms with van der Waals surface area (Å²) in [5.74, 6) is -0.459.